The predicted octanol–water partition coefficient (Wildman–Crippen LogP) is 3.50. The summed E-state index contributed by atoms with van der Waals surface area (Å²) in [6.45, 7) is 5.37. The molecule has 1 aliphatic heterocycles. The summed E-state index contributed by atoms with van der Waals surface area (Å²) < 4.78 is 1.88. The van der Waals surface area contributed by atoms with Crippen molar-refractivity contribution < 1.29 is 0 Å². The standard InChI is InChI=1S/C20H25N5/c1-15-4-3-5-18(10-15)19-12-21-23-20(19)17-6-8-25(9-7-17)14-16-11-22-24(2)13-16/h3-5,10-13,17H,6-9,14H2,1-2H3,(H,21,23). The Kier molecular flexibility index (Phi) is 4.40. The van der Waals surface area contributed by atoms with Crippen LogP contribution in [0.25, 0.3) is 11.1 Å². The first-order valence-corrected chi connectivity index (χ1v) is 8.99. The molecule has 5 heteroatoms. The van der Waals surface area contributed by atoms with E-state index in [0.29, 0.717) is 5.92 Å². The zero-order valence-electron chi connectivity index (χ0n) is 14.9. The van der Waals surface area contributed by atoms with Gasteiger partial charge in [-0.15, -0.1) is 0 Å². The van der Waals surface area contributed by atoms with Crippen LogP contribution in [0.1, 0.15) is 35.6 Å². The molecule has 3 heterocycles. The van der Waals surface area contributed by atoms with Crippen LogP contribution in [0.5, 0.6) is 0 Å². The topological polar surface area (TPSA) is 49.7 Å². The SMILES string of the molecule is Cc1cccc(-c2cn[nH]c2C2CCN(Cc3cnn(C)c3)CC2)c1. The molecule has 0 aliphatic carbocycles. The van der Waals surface area contributed by atoms with Gasteiger partial charge in [0.2, 0.25) is 0 Å². The second-order valence-corrected chi connectivity index (χ2v) is 7.14. The van der Waals surface area contributed by atoms with E-state index in [-0.39, 0.29) is 0 Å². The second-order valence-electron chi connectivity index (χ2n) is 7.14. The average Bonchev–Trinajstić information content (AvgIpc) is 3.25. The van der Waals surface area contributed by atoms with Gasteiger partial charge in [0.1, 0.15) is 0 Å². The summed E-state index contributed by atoms with van der Waals surface area (Å²) >= 11 is 0. The summed E-state index contributed by atoms with van der Waals surface area (Å²) in [6, 6.07) is 8.68. The first-order chi connectivity index (χ1) is 12.2. The number of hydrogen-bond donors (Lipinski definition) is 1. The van der Waals surface area contributed by atoms with Crippen LogP contribution in [0, 0.1) is 6.92 Å². The second kappa shape index (κ2) is 6.84. The van der Waals surface area contributed by atoms with Gasteiger partial charge in [-0.25, -0.2) is 0 Å². The number of nitrogens with one attached hydrogen (secondary N) is 1. The van der Waals surface area contributed by atoms with Crippen molar-refractivity contribution in [2.45, 2.75) is 32.2 Å². The van der Waals surface area contributed by atoms with Gasteiger partial charge in [0.15, 0.2) is 0 Å². The molecule has 1 saturated heterocycles. The monoisotopic (exact) mass is 335 g/mol. The summed E-state index contributed by atoms with van der Waals surface area (Å²) in [7, 11) is 1.97. The van der Waals surface area contributed by atoms with Gasteiger partial charge < -0.3 is 0 Å². The molecule has 0 amide bonds. The number of aromatic amines is 1. The van der Waals surface area contributed by atoms with E-state index in [0.717, 1.165) is 19.6 Å². The highest BCUT2D eigenvalue weighted by molar-refractivity contribution is 5.66. The lowest BCUT2D eigenvalue weighted by Gasteiger charge is -2.31. The minimum Gasteiger partial charge on any atom is -0.299 e. The van der Waals surface area contributed by atoms with Crippen LogP contribution in [0.4, 0.5) is 0 Å². The molecule has 25 heavy (non-hydrogen) atoms. The number of benzene rings is 1. The number of piperidine rings is 1. The third-order valence-corrected chi connectivity index (χ3v) is 5.16. The van der Waals surface area contributed by atoms with Gasteiger partial charge in [0, 0.05) is 42.5 Å². The fourth-order valence-corrected chi connectivity index (χ4v) is 3.84. The lowest BCUT2D eigenvalue weighted by molar-refractivity contribution is 0.203. The molecule has 1 aromatic carbocycles. The zero-order valence-corrected chi connectivity index (χ0v) is 14.9. The van der Waals surface area contributed by atoms with E-state index in [9.17, 15) is 0 Å². The van der Waals surface area contributed by atoms with Crippen molar-refractivity contribution >= 4 is 0 Å². The molecular formula is C20H25N5. The Balaban J connectivity index is 1.44. The molecule has 1 N–H and O–H groups in total. The Bertz CT molecular complexity index is 839. The largest absolute Gasteiger partial charge is 0.299 e. The third-order valence-electron chi connectivity index (χ3n) is 5.16. The van der Waals surface area contributed by atoms with E-state index in [1.807, 2.05) is 24.1 Å². The van der Waals surface area contributed by atoms with Crippen LogP contribution < -0.4 is 0 Å². The highest BCUT2D eigenvalue weighted by Gasteiger charge is 2.24. The van der Waals surface area contributed by atoms with Crippen LogP contribution in [-0.2, 0) is 13.6 Å². The van der Waals surface area contributed by atoms with Crippen molar-refractivity contribution in [3.8, 4) is 11.1 Å². The smallest absolute Gasteiger partial charge is 0.0568 e. The number of likely N-dealkylation sites (tertiary alicyclic amines) is 1. The Morgan fingerprint density at radius 2 is 2.04 bits per heavy atom. The van der Waals surface area contributed by atoms with E-state index >= 15 is 0 Å². The fraction of sp³-hybridized carbons (Fsp3) is 0.400. The summed E-state index contributed by atoms with van der Waals surface area (Å²) in [5, 5.41) is 11.9. The molecule has 1 fully saturated rings. The van der Waals surface area contributed by atoms with E-state index in [4.69, 9.17) is 0 Å². The average molecular weight is 335 g/mol. The van der Waals surface area contributed by atoms with Gasteiger partial charge in [0.25, 0.3) is 0 Å². The molecule has 3 aromatic rings. The van der Waals surface area contributed by atoms with E-state index in [1.165, 1.54) is 40.8 Å². The number of aryl methyl sites for hydroxylation is 2. The first kappa shape index (κ1) is 16.1. The van der Waals surface area contributed by atoms with Crippen LogP contribution in [0.2, 0.25) is 0 Å². The number of nitrogens with zero attached hydrogens (tertiary/aromatic N) is 4. The van der Waals surface area contributed by atoms with Crippen molar-refractivity contribution in [3.63, 3.8) is 0 Å². The highest BCUT2D eigenvalue weighted by Crippen LogP contribution is 2.34. The fourth-order valence-electron chi connectivity index (χ4n) is 3.84. The Morgan fingerprint density at radius 1 is 1.20 bits per heavy atom. The quantitative estimate of drug-likeness (QED) is 0.794. The van der Waals surface area contributed by atoms with Crippen LogP contribution in [0.15, 0.2) is 42.9 Å². The van der Waals surface area contributed by atoms with Crippen molar-refractivity contribution in [3.05, 3.63) is 59.7 Å². The van der Waals surface area contributed by atoms with Gasteiger partial charge in [-0.05, 0) is 38.4 Å². The highest BCUT2D eigenvalue weighted by atomic mass is 15.2. The molecule has 0 radical (unpaired) electrons. The predicted molar refractivity (Wildman–Crippen MR) is 99.2 cm³/mol. The maximum absolute atomic E-state index is 4.34. The molecule has 0 bridgehead atoms. The molecule has 2 aromatic heterocycles. The normalized spacial score (nSPS) is 16.4. The maximum Gasteiger partial charge on any atom is 0.0568 e. The minimum atomic E-state index is 0.558. The number of H-pyrrole nitrogens is 1. The van der Waals surface area contributed by atoms with Crippen molar-refractivity contribution in [1.29, 1.82) is 0 Å². The minimum absolute atomic E-state index is 0.558. The van der Waals surface area contributed by atoms with Crippen LogP contribution >= 0.6 is 0 Å². The molecule has 1 aliphatic rings. The number of aromatic nitrogens is 4. The van der Waals surface area contributed by atoms with E-state index in [1.54, 1.807) is 0 Å². The number of hydrogen-bond acceptors (Lipinski definition) is 3. The summed E-state index contributed by atoms with van der Waals surface area (Å²) in [6.07, 6.45) is 8.39. The molecule has 0 unspecified atom stereocenters. The molecule has 4 rings (SSSR count). The molecule has 130 valence electrons. The van der Waals surface area contributed by atoms with Gasteiger partial charge in [-0.2, -0.15) is 10.2 Å². The first-order valence-electron chi connectivity index (χ1n) is 8.99. The number of rotatable bonds is 4. The van der Waals surface area contributed by atoms with Gasteiger partial charge in [0.05, 0.1) is 12.4 Å². The molecule has 0 spiro atoms. The summed E-state index contributed by atoms with van der Waals surface area (Å²) in [5.41, 5.74) is 6.40. The van der Waals surface area contributed by atoms with Gasteiger partial charge in [-0.3, -0.25) is 14.7 Å². The van der Waals surface area contributed by atoms with E-state index < -0.39 is 0 Å². The maximum atomic E-state index is 4.34. The molecule has 0 atom stereocenters. The Morgan fingerprint density at radius 3 is 2.76 bits per heavy atom. The molecular weight excluding hydrogens is 310 g/mol. The van der Waals surface area contributed by atoms with Crippen molar-refractivity contribution in [2.75, 3.05) is 13.1 Å². The van der Waals surface area contributed by atoms with Gasteiger partial charge >= 0.3 is 0 Å². The van der Waals surface area contributed by atoms with Gasteiger partial charge in [-0.1, -0.05) is 29.8 Å². The van der Waals surface area contributed by atoms with Crippen molar-refractivity contribution in [2.24, 2.45) is 7.05 Å². The summed E-state index contributed by atoms with van der Waals surface area (Å²) in [4.78, 5) is 2.52. The third kappa shape index (κ3) is 3.51. The lowest BCUT2D eigenvalue weighted by atomic mass is 9.89. The lowest BCUT2D eigenvalue weighted by Crippen LogP contribution is -2.32. The molecule has 0 saturated carbocycles. The zero-order chi connectivity index (χ0) is 17.2. The summed E-state index contributed by atoms with van der Waals surface area (Å²) in [5.74, 6) is 0.558. The van der Waals surface area contributed by atoms with Crippen molar-refractivity contribution in [1.82, 2.24) is 24.9 Å². The Hall–Kier alpha value is -2.40. The van der Waals surface area contributed by atoms with Crippen LogP contribution in [0.3, 0.4) is 0 Å². The van der Waals surface area contributed by atoms with E-state index in [2.05, 4.69) is 57.6 Å². The van der Waals surface area contributed by atoms with Crippen LogP contribution in [-0.4, -0.2) is 38.0 Å². The Labute approximate surface area is 148 Å². The molecule has 5 nitrogen and oxygen atoms in total.